The molecule has 0 aliphatic carbocycles. The summed E-state index contributed by atoms with van der Waals surface area (Å²) in [5, 5.41) is 6.18. The maximum absolute atomic E-state index is 12.5. The zero-order valence-electron chi connectivity index (χ0n) is 15.4. The first-order chi connectivity index (χ1) is 11.6. The molecule has 0 saturated carbocycles. The Morgan fingerprint density at radius 2 is 1.84 bits per heavy atom. The highest BCUT2D eigenvalue weighted by molar-refractivity contribution is 5.95. The monoisotopic (exact) mass is 365 g/mol. The van der Waals surface area contributed by atoms with Crippen molar-refractivity contribution in [2.75, 3.05) is 33.4 Å². The normalized spacial score (nSPS) is 10.4. The van der Waals surface area contributed by atoms with Crippen LogP contribution in [-0.2, 0) is 4.74 Å². The van der Waals surface area contributed by atoms with Crippen LogP contribution in [0.2, 0.25) is 0 Å². The van der Waals surface area contributed by atoms with Crippen LogP contribution in [0.5, 0.6) is 0 Å². The van der Waals surface area contributed by atoms with Gasteiger partial charge in [0.2, 0.25) is 0 Å². The molecule has 25 heavy (non-hydrogen) atoms. The average molecular weight is 366 g/mol. The molecule has 0 saturated heterocycles. The number of methoxy groups -OCH3 is 1. The number of carbonyl (C=O) groups is 1. The van der Waals surface area contributed by atoms with E-state index in [1.165, 1.54) is 5.56 Å². The number of aryl methyl sites for hydroxylation is 2. The van der Waals surface area contributed by atoms with Gasteiger partial charge >= 0.3 is 0 Å². The molecular formula is C19H28ClN3O2. The Morgan fingerprint density at radius 1 is 1.12 bits per heavy atom. The van der Waals surface area contributed by atoms with Gasteiger partial charge in [-0.1, -0.05) is 18.2 Å². The summed E-state index contributed by atoms with van der Waals surface area (Å²) in [4.78, 5) is 12.5. The van der Waals surface area contributed by atoms with Gasteiger partial charge in [0.15, 0.2) is 0 Å². The Balaban J connectivity index is 0.00000312. The van der Waals surface area contributed by atoms with Crippen LogP contribution in [0.3, 0.4) is 0 Å². The van der Waals surface area contributed by atoms with Crippen LogP contribution in [0.15, 0.2) is 30.3 Å². The molecule has 0 unspecified atom stereocenters. The first kappa shape index (κ1) is 21.2. The van der Waals surface area contributed by atoms with Crippen LogP contribution in [0.1, 0.15) is 27.3 Å². The molecular weight excluding hydrogens is 338 g/mol. The van der Waals surface area contributed by atoms with Gasteiger partial charge in [-0.3, -0.25) is 4.79 Å². The van der Waals surface area contributed by atoms with E-state index in [1.54, 1.807) is 7.11 Å². The molecule has 2 N–H and O–H groups in total. The molecule has 5 nitrogen and oxygen atoms in total. The summed E-state index contributed by atoms with van der Waals surface area (Å²) in [6, 6.07) is 10.2. The minimum atomic E-state index is -0.0310. The van der Waals surface area contributed by atoms with Crippen molar-refractivity contribution in [2.24, 2.45) is 0 Å². The van der Waals surface area contributed by atoms with Crippen molar-refractivity contribution in [1.82, 2.24) is 15.2 Å². The van der Waals surface area contributed by atoms with Gasteiger partial charge < -0.3 is 19.9 Å². The molecule has 1 heterocycles. The number of nitrogens with one attached hydrogen (secondary N) is 2. The predicted molar refractivity (Wildman–Crippen MR) is 104 cm³/mol. The Hall–Kier alpha value is -1.82. The van der Waals surface area contributed by atoms with Crippen molar-refractivity contribution in [2.45, 2.75) is 20.8 Å². The van der Waals surface area contributed by atoms with E-state index < -0.39 is 0 Å². The molecule has 2 rings (SSSR count). The lowest BCUT2D eigenvalue weighted by Crippen LogP contribution is -2.33. The molecule has 1 aromatic heterocycles. The quantitative estimate of drug-likeness (QED) is 0.707. The maximum Gasteiger partial charge on any atom is 0.253 e. The molecule has 138 valence electrons. The molecule has 6 heteroatoms. The van der Waals surface area contributed by atoms with Crippen LogP contribution in [0.4, 0.5) is 0 Å². The van der Waals surface area contributed by atoms with E-state index in [0.29, 0.717) is 13.2 Å². The van der Waals surface area contributed by atoms with E-state index in [4.69, 9.17) is 4.74 Å². The molecule has 0 spiro atoms. The lowest BCUT2D eigenvalue weighted by molar-refractivity contribution is 0.0953. The Morgan fingerprint density at radius 3 is 2.52 bits per heavy atom. The zero-order valence-corrected chi connectivity index (χ0v) is 16.2. The third-order valence-corrected chi connectivity index (χ3v) is 4.10. The summed E-state index contributed by atoms with van der Waals surface area (Å²) < 4.78 is 7.11. The van der Waals surface area contributed by atoms with Crippen LogP contribution in [0, 0.1) is 20.8 Å². The lowest BCUT2D eigenvalue weighted by atomic mass is 10.2. The van der Waals surface area contributed by atoms with Gasteiger partial charge in [0, 0.05) is 43.8 Å². The van der Waals surface area contributed by atoms with Gasteiger partial charge in [-0.05, 0) is 38.5 Å². The van der Waals surface area contributed by atoms with Crippen molar-refractivity contribution in [3.05, 3.63) is 52.8 Å². The summed E-state index contributed by atoms with van der Waals surface area (Å²) in [5.74, 6) is -0.0310. The fourth-order valence-electron chi connectivity index (χ4n) is 2.84. The van der Waals surface area contributed by atoms with Crippen LogP contribution >= 0.6 is 12.4 Å². The van der Waals surface area contributed by atoms with Crippen molar-refractivity contribution in [3.8, 4) is 5.69 Å². The van der Waals surface area contributed by atoms with Crippen LogP contribution < -0.4 is 10.6 Å². The topological polar surface area (TPSA) is 55.3 Å². The number of rotatable bonds is 8. The molecule has 0 radical (unpaired) electrons. The van der Waals surface area contributed by atoms with E-state index in [2.05, 4.69) is 34.3 Å². The van der Waals surface area contributed by atoms with Gasteiger partial charge in [0.25, 0.3) is 5.91 Å². The molecule has 2 aromatic rings. The minimum Gasteiger partial charge on any atom is -0.383 e. The number of hydrogen-bond acceptors (Lipinski definition) is 3. The minimum absolute atomic E-state index is 0. The molecule has 0 atom stereocenters. The third kappa shape index (κ3) is 5.33. The molecule has 1 aromatic carbocycles. The highest BCUT2D eigenvalue weighted by Gasteiger charge is 2.16. The smallest absolute Gasteiger partial charge is 0.253 e. The second kappa shape index (κ2) is 10.2. The van der Waals surface area contributed by atoms with E-state index >= 15 is 0 Å². The number of amides is 1. The van der Waals surface area contributed by atoms with Crippen molar-refractivity contribution < 1.29 is 9.53 Å². The Kier molecular flexibility index (Phi) is 8.69. The summed E-state index contributed by atoms with van der Waals surface area (Å²) in [6.45, 7) is 8.88. The van der Waals surface area contributed by atoms with E-state index in [0.717, 1.165) is 35.7 Å². The summed E-state index contributed by atoms with van der Waals surface area (Å²) in [6.07, 6.45) is 0. The van der Waals surface area contributed by atoms with E-state index in [9.17, 15) is 4.79 Å². The molecule has 0 fully saturated rings. The SMILES string of the molecule is COCCNCCNC(=O)c1cc(C)n(-c2ccccc2C)c1C.Cl. The van der Waals surface area contributed by atoms with E-state index in [1.807, 2.05) is 32.0 Å². The molecule has 0 bridgehead atoms. The third-order valence-electron chi connectivity index (χ3n) is 4.10. The largest absolute Gasteiger partial charge is 0.383 e. The number of para-hydroxylation sites is 1. The van der Waals surface area contributed by atoms with Crippen LogP contribution in [-0.4, -0.2) is 43.8 Å². The zero-order chi connectivity index (χ0) is 17.5. The number of carbonyl (C=O) groups excluding carboxylic acids is 1. The highest BCUT2D eigenvalue weighted by Crippen LogP contribution is 2.23. The summed E-state index contributed by atoms with van der Waals surface area (Å²) >= 11 is 0. The van der Waals surface area contributed by atoms with Gasteiger partial charge in [-0.2, -0.15) is 0 Å². The maximum atomic E-state index is 12.5. The molecule has 0 aliphatic heterocycles. The van der Waals surface area contributed by atoms with Gasteiger partial charge in [0.1, 0.15) is 0 Å². The average Bonchev–Trinajstić information content (AvgIpc) is 2.86. The fraction of sp³-hybridized carbons (Fsp3) is 0.421. The number of benzene rings is 1. The summed E-state index contributed by atoms with van der Waals surface area (Å²) in [5.41, 5.74) is 5.06. The lowest BCUT2D eigenvalue weighted by Gasteiger charge is -2.13. The number of aromatic nitrogens is 1. The number of halogens is 1. The fourth-order valence-corrected chi connectivity index (χ4v) is 2.84. The second-order valence-electron chi connectivity index (χ2n) is 5.91. The number of ether oxygens (including phenoxy) is 1. The van der Waals surface area contributed by atoms with Crippen LogP contribution in [0.25, 0.3) is 5.69 Å². The Bertz CT molecular complexity index is 698. The van der Waals surface area contributed by atoms with Gasteiger partial charge in [0.05, 0.1) is 12.2 Å². The number of nitrogens with zero attached hydrogens (tertiary/aromatic N) is 1. The number of hydrogen-bond donors (Lipinski definition) is 2. The van der Waals surface area contributed by atoms with Crippen molar-refractivity contribution >= 4 is 18.3 Å². The van der Waals surface area contributed by atoms with Gasteiger partial charge in [-0.15, -0.1) is 12.4 Å². The van der Waals surface area contributed by atoms with E-state index in [-0.39, 0.29) is 18.3 Å². The second-order valence-corrected chi connectivity index (χ2v) is 5.91. The van der Waals surface area contributed by atoms with Crippen molar-refractivity contribution in [3.63, 3.8) is 0 Å². The van der Waals surface area contributed by atoms with Gasteiger partial charge in [-0.25, -0.2) is 0 Å². The predicted octanol–water partition coefficient (Wildman–Crippen LogP) is 2.79. The molecule has 0 aliphatic rings. The Labute approximate surface area is 156 Å². The standard InChI is InChI=1S/C19H27N3O2.ClH/c1-14-7-5-6-8-18(14)22-15(2)13-17(16(22)3)19(23)21-10-9-20-11-12-24-4;/h5-8,13,20H,9-12H2,1-4H3,(H,21,23);1H. The first-order valence-electron chi connectivity index (χ1n) is 8.29. The van der Waals surface area contributed by atoms with Crippen molar-refractivity contribution in [1.29, 1.82) is 0 Å². The highest BCUT2D eigenvalue weighted by atomic mass is 35.5. The summed E-state index contributed by atoms with van der Waals surface area (Å²) in [7, 11) is 1.67. The molecule has 1 amide bonds. The first-order valence-corrected chi connectivity index (χ1v) is 8.29.